The fraction of sp³-hybridized carbons (Fsp3) is 0.130. The average Bonchev–Trinajstić information content (AvgIpc) is 3.12. The molecule has 0 saturated heterocycles. The lowest BCUT2D eigenvalue weighted by Gasteiger charge is -2.15. The molecule has 0 bridgehead atoms. The molecular weight excluding hydrogens is 410 g/mol. The number of hydrogen-bond acceptors (Lipinski definition) is 6. The van der Waals surface area contributed by atoms with E-state index in [9.17, 15) is 14.9 Å². The van der Waals surface area contributed by atoms with Gasteiger partial charge in [0.15, 0.2) is 6.61 Å². The second kappa shape index (κ2) is 8.38. The maximum Gasteiger partial charge on any atom is 0.282 e. The van der Waals surface area contributed by atoms with E-state index in [0.717, 1.165) is 16.8 Å². The van der Waals surface area contributed by atoms with Gasteiger partial charge in [0.1, 0.15) is 28.5 Å². The minimum Gasteiger partial charge on any atom is -0.483 e. The molecule has 4 rings (SSSR count). The molecule has 2 heterocycles. The second-order valence-corrected chi connectivity index (χ2v) is 7.29. The lowest BCUT2D eigenvalue weighted by Crippen LogP contribution is -2.20. The summed E-state index contributed by atoms with van der Waals surface area (Å²) in [4.78, 5) is 27.3. The number of aromatic nitrogens is 2. The van der Waals surface area contributed by atoms with E-state index < -0.39 is 17.4 Å². The smallest absolute Gasteiger partial charge is 0.282 e. The van der Waals surface area contributed by atoms with Crippen molar-refractivity contribution in [2.24, 2.45) is 5.73 Å². The summed E-state index contributed by atoms with van der Waals surface area (Å²) in [5.74, 6) is -0.00599. The number of rotatable bonds is 7. The third-order valence-electron chi connectivity index (χ3n) is 5.06. The van der Waals surface area contributed by atoms with Crippen LogP contribution in [0.15, 0.2) is 60.8 Å². The van der Waals surface area contributed by atoms with Crippen molar-refractivity contribution in [1.29, 1.82) is 0 Å². The number of ether oxygens (including phenoxy) is 1. The van der Waals surface area contributed by atoms with Crippen LogP contribution in [0, 0.1) is 24.0 Å². The standard InChI is InChI=1S/C23H21N5O4/c1-14-7-5-8-15(2)21(14)26-23-22(25-19-11-3-4-12-27(19)23)20-16(28(30)31)9-6-10-17(20)32-13-18(24)29/h3-12,26H,13H2,1-2H3,(H2,24,29). The molecule has 3 N–H and O–H groups in total. The van der Waals surface area contributed by atoms with Gasteiger partial charge in [0, 0.05) is 18.0 Å². The first kappa shape index (κ1) is 20.9. The summed E-state index contributed by atoms with van der Waals surface area (Å²) >= 11 is 0. The van der Waals surface area contributed by atoms with Gasteiger partial charge in [-0.1, -0.05) is 30.3 Å². The van der Waals surface area contributed by atoms with Gasteiger partial charge in [-0.05, 0) is 43.2 Å². The summed E-state index contributed by atoms with van der Waals surface area (Å²) in [6.07, 6.45) is 1.82. The number of nitro groups is 1. The Morgan fingerprint density at radius 1 is 1.12 bits per heavy atom. The summed E-state index contributed by atoms with van der Waals surface area (Å²) in [5, 5.41) is 15.3. The number of nitro benzene ring substituents is 1. The number of carbonyl (C=O) groups excluding carboxylic acids is 1. The zero-order valence-corrected chi connectivity index (χ0v) is 17.5. The largest absolute Gasteiger partial charge is 0.483 e. The second-order valence-electron chi connectivity index (χ2n) is 7.29. The fourth-order valence-electron chi connectivity index (χ4n) is 3.60. The normalized spacial score (nSPS) is 10.8. The molecule has 9 nitrogen and oxygen atoms in total. The molecule has 4 aromatic rings. The summed E-state index contributed by atoms with van der Waals surface area (Å²) in [7, 11) is 0. The Morgan fingerprint density at radius 2 is 1.84 bits per heavy atom. The van der Waals surface area contributed by atoms with E-state index in [1.807, 2.05) is 54.8 Å². The third kappa shape index (κ3) is 3.83. The highest BCUT2D eigenvalue weighted by atomic mass is 16.6. The van der Waals surface area contributed by atoms with Gasteiger partial charge in [-0.2, -0.15) is 0 Å². The van der Waals surface area contributed by atoms with Gasteiger partial charge in [-0.25, -0.2) is 4.98 Å². The number of nitrogens with one attached hydrogen (secondary N) is 1. The van der Waals surface area contributed by atoms with E-state index in [2.05, 4.69) is 10.3 Å². The Kier molecular flexibility index (Phi) is 5.46. The maximum absolute atomic E-state index is 11.9. The molecule has 162 valence electrons. The molecule has 0 aliphatic heterocycles. The van der Waals surface area contributed by atoms with Crippen LogP contribution in [0.2, 0.25) is 0 Å². The SMILES string of the molecule is Cc1cccc(C)c1Nc1c(-c2c(OCC(N)=O)cccc2[N+](=O)[O-])nc2ccccn12. The number of hydrogen-bond donors (Lipinski definition) is 2. The molecule has 32 heavy (non-hydrogen) atoms. The summed E-state index contributed by atoms with van der Waals surface area (Å²) in [6, 6.07) is 15.8. The van der Waals surface area contributed by atoms with Crippen molar-refractivity contribution >= 4 is 28.7 Å². The van der Waals surface area contributed by atoms with E-state index >= 15 is 0 Å². The highest BCUT2D eigenvalue weighted by Crippen LogP contribution is 2.42. The van der Waals surface area contributed by atoms with Crippen molar-refractivity contribution in [1.82, 2.24) is 9.38 Å². The van der Waals surface area contributed by atoms with Gasteiger partial charge in [0.2, 0.25) is 0 Å². The van der Waals surface area contributed by atoms with E-state index in [-0.39, 0.29) is 17.0 Å². The zero-order valence-electron chi connectivity index (χ0n) is 17.5. The van der Waals surface area contributed by atoms with Gasteiger partial charge in [0.25, 0.3) is 11.6 Å². The Bertz CT molecular complexity index is 1330. The molecular formula is C23H21N5O4. The van der Waals surface area contributed by atoms with Crippen LogP contribution in [-0.4, -0.2) is 26.8 Å². The van der Waals surface area contributed by atoms with Gasteiger partial charge < -0.3 is 15.8 Å². The number of benzene rings is 2. The number of pyridine rings is 1. The summed E-state index contributed by atoms with van der Waals surface area (Å²) < 4.78 is 7.35. The molecule has 2 aromatic carbocycles. The predicted molar refractivity (Wildman–Crippen MR) is 121 cm³/mol. The van der Waals surface area contributed by atoms with Crippen LogP contribution in [0.4, 0.5) is 17.2 Å². The predicted octanol–water partition coefficient (Wildman–Crippen LogP) is 4.13. The topological polar surface area (TPSA) is 125 Å². The Labute approximate surface area is 183 Å². The van der Waals surface area contributed by atoms with Crippen LogP contribution < -0.4 is 15.8 Å². The highest BCUT2D eigenvalue weighted by Gasteiger charge is 2.27. The highest BCUT2D eigenvalue weighted by molar-refractivity contribution is 5.88. The number of amides is 1. The number of imidazole rings is 1. The van der Waals surface area contributed by atoms with Crippen molar-refractivity contribution in [2.75, 3.05) is 11.9 Å². The molecule has 0 saturated carbocycles. The number of anilines is 2. The molecule has 9 heteroatoms. The summed E-state index contributed by atoms with van der Waals surface area (Å²) in [6.45, 7) is 3.54. The maximum atomic E-state index is 11.9. The molecule has 0 fully saturated rings. The number of fused-ring (bicyclic) bond motifs is 1. The number of nitrogens with zero attached hydrogens (tertiary/aromatic N) is 3. The van der Waals surface area contributed by atoms with E-state index in [4.69, 9.17) is 10.5 Å². The number of primary amides is 1. The summed E-state index contributed by atoms with van der Waals surface area (Å²) in [5.41, 5.74) is 9.00. The minimum atomic E-state index is -0.689. The number of nitrogens with two attached hydrogens (primary N) is 1. The Morgan fingerprint density at radius 3 is 2.53 bits per heavy atom. The van der Waals surface area contributed by atoms with Crippen LogP contribution in [-0.2, 0) is 4.79 Å². The molecule has 1 amide bonds. The lowest BCUT2D eigenvalue weighted by atomic mass is 10.1. The lowest BCUT2D eigenvalue weighted by molar-refractivity contribution is -0.384. The molecule has 0 radical (unpaired) electrons. The monoisotopic (exact) mass is 431 g/mol. The van der Waals surface area contributed by atoms with E-state index in [1.54, 1.807) is 12.1 Å². The average molecular weight is 431 g/mol. The Balaban J connectivity index is 1.99. The van der Waals surface area contributed by atoms with Gasteiger partial charge in [-0.15, -0.1) is 0 Å². The number of carbonyl (C=O) groups is 1. The number of aryl methyl sites for hydroxylation is 2. The molecule has 0 unspecified atom stereocenters. The first-order valence-corrected chi connectivity index (χ1v) is 9.86. The van der Waals surface area contributed by atoms with E-state index in [1.165, 1.54) is 12.1 Å². The molecule has 2 aromatic heterocycles. The molecule has 0 aliphatic carbocycles. The Hall–Kier alpha value is -4.40. The first-order valence-electron chi connectivity index (χ1n) is 9.86. The van der Waals surface area contributed by atoms with Crippen LogP contribution in [0.1, 0.15) is 11.1 Å². The van der Waals surface area contributed by atoms with Crippen LogP contribution in [0.3, 0.4) is 0 Å². The minimum absolute atomic E-state index is 0.144. The van der Waals surface area contributed by atoms with Crippen LogP contribution in [0.5, 0.6) is 5.75 Å². The van der Waals surface area contributed by atoms with Crippen molar-refractivity contribution in [3.63, 3.8) is 0 Å². The van der Waals surface area contributed by atoms with Gasteiger partial charge >= 0.3 is 0 Å². The third-order valence-corrected chi connectivity index (χ3v) is 5.06. The number of para-hydroxylation sites is 1. The fourth-order valence-corrected chi connectivity index (χ4v) is 3.60. The van der Waals surface area contributed by atoms with Crippen molar-refractivity contribution in [3.05, 3.63) is 82.0 Å². The van der Waals surface area contributed by atoms with Crippen LogP contribution in [0.25, 0.3) is 16.9 Å². The zero-order chi connectivity index (χ0) is 22.8. The van der Waals surface area contributed by atoms with Crippen molar-refractivity contribution in [3.8, 4) is 17.0 Å². The molecule has 0 atom stereocenters. The molecule has 0 aliphatic rings. The van der Waals surface area contributed by atoms with Gasteiger partial charge in [-0.3, -0.25) is 19.3 Å². The quantitative estimate of drug-likeness (QED) is 0.335. The van der Waals surface area contributed by atoms with Gasteiger partial charge in [0.05, 0.1) is 4.92 Å². The molecule has 0 spiro atoms. The van der Waals surface area contributed by atoms with Crippen molar-refractivity contribution < 1.29 is 14.5 Å². The van der Waals surface area contributed by atoms with Crippen LogP contribution >= 0.6 is 0 Å². The first-order chi connectivity index (χ1) is 15.4. The van der Waals surface area contributed by atoms with Crippen molar-refractivity contribution in [2.45, 2.75) is 13.8 Å². The van der Waals surface area contributed by atoms with E-state index in [0.29, 0.717) is 17.2 Å².